The number of hydrogen-bond donors (Lipinski definition) is 2. The van der Waals surface area contributed by atoms with E-state index >= 15 is 0 Å². The Bertz CT molecular complexity index is 929. The Balaban J connectivity index is 2.09. The lowest BCUT2D eigenvalue weighted by Crippen LogP contribution is -2.37. The van der Waals surface area contributed by atoms with Crippen molar-refractivity contribution in [3.63, 3.8) is 0 Å². The van der Waals surface area contributed by atoms with E-state index in [1.807, 2.05) is 0 Å². The molecule has 0 radical (unpaired) electrons. The summed E-state index contributed by atoms with van der Waals surface area (Å²) in [6.45, 7) is 1.67. The van der Waals surface area contributed by atoms with E-state index in [0.29, 0.717) is 5.69 Å². The fourth-order valence-electron chi connectivity index (χ4n) is 2.25. The molecule has 1 aliphatic heterocycles. The molecular formula is C14H13N3O5S. The van der Waals surface area contributed by atoms with Crippen LogP contribution < -0.4 is 5.32 Å². The first-order chi connectivity index (χ1) is 10.8. The largest absolute Gasteiger partial charge is 0.505 e. The zero-order chi connectivity index (χ0) is 16.8. The van der Waals surface area contributed by atoms with Crippen LogP contribution in [0, 0.1) is 6.92 Å². The van der Waals surface area contributed by atoms with Crippen LogP contribution >= 0.6 is 0 Å². The highest BCUT2D eigenvalue weighted by Crippen LogP contribution is 2.34. The number of sulfonamides is 1. The summed E-state index contributed by atoms with van der Waals surface area (Å²) in [5.74, 6) is -1.27. The summed E-state index contributed by atoms with van der Waals surface area (Å²) in [6.07, 6.45) is 1.33. The summed E-state index contributed by atoms with van der Waals surface area (Å²) < 4.78 is 30.7. The average Bonchev–Trinajstić information content (AvgIpc) is 2.91. The molecule has 1 aliphatic rings. The van der Waals surface area contributed by atoms with Crippen molar-refractivity contribution in [1.29, 1.82) is 0 Å². The average molecular weight is 335 g/mol. The summed E-state index contributed by atoms with van der Waals surface area (Å²) in [4.78, 5) is 16.2. The number of likely N-dealkylation sites (N-methyl/N-ethyl adjacent to an activating group) is 1. The number of nitrogens with zero attached hydrogens (tertiary/aromatic N) is 2. The Hall–Kier alpha value is -2.81. The van der Waals surface area contributed by atoms with Crippen molar-refractivity contribution in [3.8, 4) is 0 Å². The number of rotatable bonds is 2. The van der Waals surface area contributed by atoms with E-state index in [1.54, 1.807) is 13.0 Å². The molecule has 9 heteroatoms. The molecule has 0 spiro atoms. The number of aryl methyl sites for hydroxylation is 1. The maximum atomic E-state index is 12.5. The first-order valence-corrected chi connectivity index (χ1v) is 8.01. The van der Waals surface area contributed by atoms with E-state index in [-0.39, 0.29) is 16.5 Å². The molecular weight excluding hydrogens is 322 g/mol. The van der Waals surface area contributed by atoms with Gasteiger partial charge in [-0.25, -0.2) is 8.42 Å². The Labute approximate surface area is 132 Å². The fraction of sp³-hybridized carbons (Fsp3) is 0.143. The molecule has 0 saturated carbocycles. The normalized spacial score (nSPS) is 16.2. The van der Waals surface area contributed by atoms with Gasteiger partial charge < -0.3 is 9.52 Å². The van der Waals surface area contributed by atoms with Gasteiger partial charge in [0.05, 0.1) is 10.6 Å². The highest BCUT2D eigenvalue weighted by molar-refractivity contribution is 7.89. The van der Waals surface area contributed by atoms with Crippen LogP contribution in [0.1, 0.15) is 11.3 Å². The minimum absolute atomic E-state index is 0.0662. The van der Waals surface area contributed by atoms with E-state index in [0.717, 1.165) is 4.31 Å². The highest BCUT2D eigenvalue weighted by atomic mass is 32.2. The predicted octanol–water partition coefficient (Wildman–Crippen LogP) is 1.48. The molecule has 120 valence electrons. The number of hydrogen-bond acceptors (Lipinski definition) is 6. The number of aliphatic hydroxyl groups excluding tert-OH is 1. The van der Waals surface area contributed by atoms with Gasteiger partial charge in [0, 0.05) is 12.6 Å². The first-order valence-electron chi connectivity index (χ1n) is 6.57. The topological polar surface area (TPSA) is 113 Å². The molecule has 1 amide bonds. The molecule has 1 aromatic heterocycles. The third-order valence-corrected chi connectivity index (χ3v) is 5.19. The number of benzene rings is 1. The number of carbonyl (C=O) groups is 1. The summed E-state index contributed by atoms with van der Waals surface area (Å²) >= 11 is 0. The Morgan fingerprint density at radius 2 is 2.04 bits per heavy atom. The van der Waals surface area contributed by atoms with Crippen molar-refractivity contribution in [2.24, 2.45) is 0 Å². The standard InChI is InChI=1S/C14H13N3O5S/c1-8-7-22-14(15-8)16-13(19)11-12(18)9-5-3-4-6-10(9)23(20,21)17(11)2/h3-7,18H,1-2H3,(H,15,16,19). The summed E-state index contributed by atoms with van der Waals surface area (Å²) in [5, 5.41) is 12.7. The zero-order valence-electron chi connectivity index (χ0n) is 12.3. The van der Waals surface area contributed by atoms with Crippen LogP contribution in [-0.4, -0.2) is 35.8 Å². The number of nitrogens with one attached hydrogen (secondary N) is 1. The van der Waals surface area contributed by atoms with E-state index < -0.39 is 27.4 Å². The molecule has 0 unspecified atom stereocenters. The van der Waals surface area contributed by atoms with Gasteiger partial charge in [-0.1, -0.05) is 12.1 Å². The molecule has 2 heterocycles. The lowest BCUT2D eigenvalue weighted by Gasteiger charge is -2.28. The maximum absolute atomic E-state index is 12.5. The Morgan fingerprint density at radius 3 is 2.70 bits per heavy atom. The molecule has 0 bridgehead atoms. The van der Waals surface area contributed by atoms with Crippen LogP contribution in [0.15, 0.2) is 45.5 Å². The lowest BCUT2D eigenvalue weighted by molar-refractivity contribution is -0.113. The number of amides is 1. The quantitative estimate of drug-likeness (QED) is 0.859. The second-order valence-electron chi connectivity index (χ2n) is 4.91. The molecule has 1 aromatic carbocycles. The van der Waals surface area contributed by atoms with Gasteiger partial charge in [0.2, 0.25) is 0 Å². The minimum atomic E-state index is -3.93. The molecule has 8 nitrogen and oxygen atoms in total. The van der Waals surface area contributed by atoms with Gasteiger partial charge in [-0.3, -0.25) is 14.4 Å². The monoisotopic (exact) mass is 335 g/mol. The second kappa shape index (κ2) is 5.13. The van der Waals surface area contributed by atoms with Gasteiger partial charge in [-0.2, -0.15) is 4.98 Å². The van der Waals surface area contributed by atoms with E-state index in [1.165, 1.54) is 31.5 Å². The number of fused-ring (bicyclic) bond motifs is 1. The molecule has 0 fully saturated rings. The first kappa shape index (κ1) is 15.1. The van der Waals surface area contributed by atoms with Crippen LogP contribution in [0.5, 0.6) is 0 Å². The van der Waals surface area contributed by atoms with Crippen molar-refractivity contribution in [3.05, 3.63) is 47.5 Å². The van der Waals surface area contributed by atoms with Gasteiger partial charge in [-0.05, 0) is 19.1 Å². The minimum Gasteiger partial charge on any atom is -0.505 e. The Kier molecular flexibility index (Phi) is 3.37. The van der Waals surface area contributed by atoms with Crippen molar-refractivity contribution in [2.75, 3.05) is 12.4 Å². The zero-order valence-corrected chi connectivity index (χ0v) is 13.1. The van der Waals surface area contributed by atoms with Crippen LogP contribution in [0.4, 0.5) is 6.01 Å². The van der Waals surface area contributed by atoms with E-state index in [4.69, 9.17) is 4.42 Å². The Morgan fingerprint density at radius 1 is 1.35 bits per heavy atom. The molecule has 3 rings (SSSR count). The number of carbonyl (C=O) groups excluding carboxylic acids is 1. The number of anilines is 1. The summed E-state index contributed by atoms with van der Waals surface area (Å²) in [6, 6.07) is 5.82. The van der Waals surface area contributed by atoms with Crippen molar-refractivity contribution >= 4 is 27.7 Å². The number of aromatic nitrogens is 1. The van der Waals surface area contributed by atoms with Gasteiger partial charge in [0.15, 0.2) is 11.5 Å². The summed E-state index contributed by atoms with van der Waals surface area (Å²) in [7, 11) is -2.74. The fourth-order valence-corrected chi connectivity index (χ4v) is 3.65. The van der Waals surface area contributed by atoms with Crippen molar-refractivity contribution in [2.45, 2.75) is 11.8 Å². The second-order valence-corrected chi connectivity index (χ2v) is 6.85. The number of aliphatic hydroxyl groups is 1. The highest BCUT2D eigenvalue weighted by Gasteiger charge is 2.37. The molecule has 2 aromatic rings. The summed E-state index contributed by atoms with van der Waals surface area (Å²) in [5.41, 5.74) is 0.215. The van der Waals surface area contributed by atoms with Gasteiger partial charge >= 0.3 is 6.01 Å². The molecule has 0 atom stereocenters. The SMILES string of the molecule is Cc1coc(NC(=O)C2=C(O)c3ccccc3S(=O)(=O)N2C)n1. The molecule has 23 heavy (non-hydrogen) atoms. The molecule has 2 N–H and O–H groups in total. The van der Waals surface area contributed by atoms with Gasteiger partial charge in [0.1, 0.15) is 6.26 Å². The number of oxazole rings is 1. The van der Waals surface area contributed by atoms with Gasteiger partial charge in [0.25, 0.3) is 15.9 Å². The smallest absolute Gasteiger partial charge is 0.301 e. The third kappa shape index (κ3) is 2.34. The lowest BCUT2D eigenvalue weighted by atomic mass is 10.1. The molecule has 0 aliphatic carbocycles. The van der Waals surface area contributed by atoms with Crippen LogP contribution in [0.3, 0.4) is 0 Å². The van der Waals surface area contributed by atoms with E-state index in [9.17, 15) is 18.3 Å². The third-order valence-electron chi connectivity index (χ3n) is 3.37. The van der Waals surface area contributed by atoms with E-state index in [2.05, 4.69) is 10.3 Å². The predicted molar refractivity (Wildman–Crippen MR) is 80.8 cm³/mol. The van der Waals surface area contributed by atoms with Crippen LogP contribution in [0.25, 0.3) is 5.76 Å². The van der Waals surface area contributed by atoms with Crippen molar-refractivity contribution < 1.29 is 22.7 Å². The molecule has 0 saturated heterocycles. The van der Waals surface area contributed by atoms with Crippen molar-refractivity contribution in [1.82, 2.24) is 9.29 Å². The van der Waals surface area contributed by atoms with Gasteiger partial charge in [-0.15, -0.1) is 0 Å². The van der Waals surface area contributed by atoms with Crippen LogP contribution in [0.2, 0.25) is 0 Å². The maximum Gasteiger partial charge on any atom is 0.301 e. The van der Waals surface area contributed by atoms with Crippen LogP contribution in [-0.2, 0) is 14.8 Å².